The van der Waals surface area contributed by atoms with Crippen LogP contribution in [0.15, 0.2) is 0 Å². The van der Waals surface area contributed by atoms with Crippen LogP contribution in [0.2, 0.25) is 0 Å². The number of ether oxygens (including phenoxy) is 1. The van der Waals surface area contributed by atoms with E-state index in [-0.39, 0.29) is 22.7 Å². The Morgan fingerprint density at radius 3 is 2.46 bits per heavy atom. The van der Waals surface area contributed by atoms with Crippen molar-refractivity contribution < 1.29 is 14.6 Å². The van der Waals surface area contributed by atoms with Gasteiger partial charge in [-0.1, -0.05) is 27.2 Å². The van der Waals surface area contributed by atoms with Crippen molar-refractivity contribution in [2.24, 2.45) is 22.7 Å². The molecule has 138 valence electrons. The quantitative estimate of drug-likeness (QED) is 0.841. The summed E-state index contributed by atoms with van der Waals surface area (Å²) in [4.78, 5) is 14.6. The molecular formula is C20H35NO3. The molecular weight excluding hydrogens is 302 g/mol. The van der Waals surface area contributed by atoms with E-state index >= 15 is 0 Å². The molecule has 0 spiro atoms. The minimum Gasteiger partial charge on any atom is -0.390 e. The molecule has 4 nitrogen and oxygen atoms in total. The predicted molar refractivity (Wildman–Crippen MR) is 94.6 cm³/mol. The lowest BCUT2D eigenvalue weighted by atomic mass is 9.47. The topological polar surface area (TPSA) is 49.8 Å². The average Bonchev–Trinajstić information content (AvgIpc) is 2.50. The van der Waals surface area contributed by atoms with Gasteiger partial charge in [-0.25, -0.2) is 0 Å². The fourth-order valence-corrected chi connectivity index (χ4v) is 5.81. The lowest BCUT2D eigenvalue weighted by Gasteiger charge is -2.59. The molecule has 4 atom stereocenters. The Balaban J connectivity index is 1.73. The number of fused-ring (bicyclic) bond motifs is 1. The van der Waals surface area contributed by atoms with E-state index in [9.17, 15) is 9.90 Å². The summed E-state index contributed by atoms with van der Waals surface area (Å²) < 4.78 is 5.35. The van der Waals surface area contributed by atoms with Crippen molar-refractivity contribution in [1.82, 2.24) is 4.90 Å². The van der Waals surface area contributed by atoms with Crippen LogP contribution in [0, 0.1) is 22.7 Å². The number of aliphatic hydroxyl groups is 1. The van der Waals surface area contributed by atoms with E-state index in [1.807, 2.05) is 11.8 Å². The summed E-state index contributed by atoms with van der Waals surface area (Å²) in [5, 5.41) is 11.2. The zero-order chi connectivity index (χ0) is 17.6. The molecule has 3 aliphatic rings. The van der Waals surface area contributed by atoms with Crippen molar-refractivity contribution in [3.8, 4) is 0 Å². The Labute approximate surface area is 146 Å². The largest absolute Gasteiger partial charge is 0.390 e. The van der Waals surface area contributed by atoms with Crippen LogP contribution >= 0.6 is 0 Å². The first-order valence-electron chi connectivity index (χ1n) is 9.72. The average molecular weight is 338 g/mol. The van der Waals surface area contributed by atoms with Crippen LogP contribution in [-0.4, -0.2) is 47.8 Å². The molecule has 24 heavy (non-hydrogen) atoms. The van der Waals surface area contributed by atoms with Crippen LogP contribution < -0.4 is 0 Å². The molecule has 0 aromatic rings. The highest BCUT2D eigenvalue weighted by Crippen LogP contribution is 2.61. The zero-order valence-corrected chi connectivity index (χ0v) is 15.9. The predicted octanol–water partition coefficient (Wildman–Crippen LogP) is 3.23. The monoisotopic (exact) mass is 337 g/mol. The van der Waals surface area contributed by atoms with Gasteiger partial charge in [0.2, 0.25) is 5.91 Å². The number of morpholine rings is 1. The molecule has 3 rings (SSSR count). The molecule has 1 N–H and O–H groups in total. The molecule has 1 aliphatic heterocycles. The zero-order valence-electron chi connectivity index (χ0n) is 15.9. The summed E-state index contributed by atoms with van der Waals surface area (Å²) >= 11 is 0. The first-order chi connectivity index (χ1) is 11.1. The van der Waals surface area contributed by atoms with Crippen LogP contribution in [0.25, 0.3) is 0 Å². The molecule has 2 saturated carbocycles. The van der Waals surface area contributed by atoms with E-state index in [1.165, 1.54) is 19.3 Å². The molecule has 3 fully saturated rings. The number of hydrogen-bond donors (Lipinski definition) is 1. The van der Waals surface area contributed by atoms with Gasteiger partial charge in [-0.05, 0) is 55.3 Å². The Kier molecular flexibility index (Phi) is 4.76. The third kappa shape index (κ3) is 3.37. The Morgan fingerprint density at radius 2 is 1.79 bits per heavy atom. The fourth-order valence-electron chi connectivity index (χ4n) is 5.81. The van der Waals surface area contributed by atoms with E-state index in [1.54, 1.807) is 0 Å². The van der Waals surface area contributed by atoms with Gasteiger partial charge in [0.05, 0.1) is 18.8 Å². The standard InChI is InChI=1S/C20H35NO3/c1-18(2)6-5-7-19(3)13-15(20(4,23)14-16(18)19)12-17(22)21-8-10-24-11-9-21/h15-16,23H,5-14H2,1-4H3/t15-,16+,19+,20-/m1/s1. The number of rotatable bonds is 2. The molecule has 1 amide bonds. The van der Waals surface area contributed by atoms with Crippen molar-refractivity contribution in [3.63, 3.8) is 0 Å². The first-order valence-corrected chi connectivity index (χ1v) is 9.72. The van der Waals surface area contributed by atoms with Crippen LogP contribution in [0.1, 0.15) is 66.2 Å². The molecule has 0 bridgehead atoms. The van der Waals surface area contributed by atoms with E-state index < -0.39 is 5.60 Å². The summed E-state index contributed by atoms with van der Waals surface area (Å²) in [7, 11) is 0. The number of carbonyl (C=O) groups is 1. The molecule has 0 radical (unpaired) electrons. The smallest absolute Gasteiger partial charge is 0.223 e. The lowest BCUT2D eigenvalue weighted by molar-refractivity contribution is -0.160. The first kappa shape index (κ1) is 18.2. The van der Waals surface area contributed by atoms with Gasteiger partial charge >= 0.3 is 0 Å². The third-order valence-electron chi connectivity index (χ3n) is 7.35. The summed E-state index contributed by atoms with van der Waals surface area (Å²) in [6.07, 6.45) is 6.05. The molecule has 0 aromatic heterocycles. The van der Waals surface area contributed by atoms with Crippen molar-refractivity contribution in [2.75, 3.05) is 26.3 Å². The van der Waals surface area contributed by atoms with E-state index in [0.29, 0.717) is 38.6 Å². The minimum absolute atomic E-state index is 0.0722. The van der Waals surface area contributed by atoms with Crippen molar-refractivity contribution in [2.45, 2.75) is 71.8 Å². The van der Waals surface area contributed by atoms with Crippen LogP contribution in [0.5, 0.6) is 0 Å². The fraction of sp³-hybridized carbons (Fsp3) is 0.950. The van der Waals surface area contributed by atoms with E-state index in [4.69, 9.17) is 4.74 Å². The van der Waals surface area contributed by atoms with Crippen LogP contribution in [-0.2, 0) is 9.53 Å². The molecule has 4 heteroatoms. The second-order valence-electron chi connectivity index (χ2n) is 9.71. The summed E-state index contributed by atoms with van der Waals surface area (Å²) in [6, 6.07) is 0. The highest BCUT2D eigenvalue weighted by molar-refractivity contribution is 5.76. The minimum atomic E-state index is -0.735. The maximum absolute atomic E-state index is 12.7. The SMILES string of the molecule is CC1(C)CCC[C@@]2(C)C[C@@H](CC(=O)N3CCOCC3)[C@](C)(O)C[C@@H]12. The van der Waals surface area contributed by atoms with Crippen LogP contribution in [0.4, 0.5) is 0 Å². The Bertz CT molecular complexity index is 481. The van der Waals surface area contributed by atoms with Crippen molar-refractivity contribution in [3.05, 3.63) is 0 Å². The highest BCUT2D eigenvalue weighted by atomic mass is 16.5. The van der Waals surface area contributed by atoms with Gasteiger partial charge in [0.25, 0.3) is 0 Å². The van der Waals surface area contributed by atoms with Crippen LogP contribution in [0.3, 0.4) is 0 Å². The van der Waals surface area contributed by atoms with Gasteiger partial charge in [-0.2, -0.15) is 0 Å². The van der Waals surface area contributed by atoms with Crippen molar-refractivity contribution in [1.29, 1.82) is 0 Å². The van der Waals surface area contributed by atoms with Crippen molar-refractivity contribution >= 4 is 5.91 Å². The van der Waals surface area contributed by atoms with E-state index in [2.05, 4.69) is 20.8 Å². The second kappa shape index (κ2) is 6.28. The highest BCUT2D eigenvalue weighted by Gasteiger charge is 2.55. The molecule has 1 saturated heterocycles. The van der Waals surface area contributed by atoms with Gasteiger partial charge in [0.15, 0.2) is 0 Å². The van der Waals surface area contributed by atoms with Gasteiger partial charge in [-0.15, -0.1) is 0 Å². The molecule has 1 heterocycles. The number of amides is 1. The second-order valence-corrected chi connectivity index (χ2v) is 9.71. The normalized spacial score (nSPS) is 42.5. The third-order valence-corrected chi connectivity index (χ3v) is 7.35. The summed E-state index contributed by atoms with van der Waals surface area (Å²) in [6.45, 7) is 11.8. The van der Waals surface area contributed by atoms with Gasteiger partial charge in [0.1, 0.15) is 0 Å². The maximum Gasteiger partial charge on any atom is 0.223 e. The molecule has 0 unspecified atom stereocenters. The molecule has 2 aliphatic carbocycles. The number of carbonyl (C=O) groups excluding carboxylic acids is 1. The van der Waals surface area contributed by atoms with Gasteiger partial charge in [0, 0.05) is 19.5 Å². The maximum atomic E-state index is 12.7. The Hall–Kier alpha value is -0.610. The molecule has 0 aromatic carbocycles. The van der Waals surface area contributed by atoms with E-state index in [0.717, 1.165) is 12.8 Å². The Morgan fingerprint density at radius 1 is 1.12 bits per heavy atom. The van der Waals surface area contributed by atoms with Gasteiger partial charge < -0.3 is 14.7 Å². The lowest BCUT2D eigenvalue weighted by Crippen LogP contribution is -2.55. The number of nitrogens with zero attached hydrogens (tertiary/aromatic N) is 1. The van der Waals surface area contributed by atoms with Gasteiger partial charge in [-0.3, -0.25) is 4.79 Å². The summed E-state index contributed by atoms with van der Waals surface area (Å²) in [5.74, 6) is 0.812. The summed E-state index contributed by atoms with van der Waals surface area (Å²) in [5.41, 5.74) is -0.184. The number of hydrogen-bond acceptors (Lipinski definition) is 3.